The SMILES string of the molecule is O=C(Nc1cccc(CCl)c1)c1cc2c(s1)CCCC2. The van der Waals surface area contributed by atoms with Crippen LogP contribution in [-0.4, -0.2) is 5.91 Å². The van der Waals surface area contributed by atoms with E-state index in [2.05, 4.69) is 11.4 Å². The van der Waals surface area contributed by atoms with Crippen molar-refractivity contribution in [3.05, 3.63) is 51.2 Å². The first kappa shape index (κ1) is 13.7. The van der Waals surface area contributed by atoms with E-state index >= 15 is 0 Å². The minimum Gasteiger partial charge on any atom is -0.321 e. The first-order chi connectivity index (χ1) is 9.76. The number of benzene rings is 1. The number of aryl methyl sites for hydroxylation is 2. The zero-order valence-electron chi connectivity index (χ0n) is 11.1. The van der Waals surface area contributed by atoms with Crippen LogP contribution in [0.5, 0.6) is 0 Å². The van der Waals surface area contributed by atoms with Crippen molar-refractivity contribution < 1.29 is 4.79 Å². The first-order valence-corrected chi connectivity index (χ1v) is 8.19. The van der Waals surface area contributed by atoms with Gasteiger partial charge in [0.25, 0.3) is 5.91 Å². The van der Waals surface area contributed by atoms with Crippen LogP contribution >= 0.6 is 22.9 Å². The molecule has 0 aliphatic heterocycles. The molecule has 0 bridgehead atoms. The molecule has 1 aliphatic rings. The molecule has 0 atom stereocenters. The number of fused-ring (bicyclic) bond motifs is 1. The molecule has 1 heterocycles. The Morgan fingerprint density at radius 2 is 2.10 bits per heavy atom. The Bertz CT molecular complexity index is 612. The van der Waals surface area contributed by atoms with Crippen molar-refractivity contribution in [2.24, 2.45) is 0 Å². The Morgan fingerprint density at radius 3 is 2.90 bits per heavy atom. The predicted molar refractivity (Wildman–Crippen MR) is 84.9 cm³/mol. The lowest BCUT2D eigenvalue weighted by atomic mass is 9.99. The molecule has 0 spiro atoms. The number of amides is 1. The van der Waals surface area contributed by atoms with Crippen molar-refractivity contribution in [2.75, 3.05) is 5.32 Å². The zero-order valence-corrected chi connectivity index (χ0v) is 12.7. The topological polar surface area (TPSA) is 29.1 Å². The number of hydrogen-bond donors (Lipinski definition) is 1. The van der Waals surface area contributed by atoms with Crippen LogP contribution in [0.25, 0.3) is 0 Å². The lowest BCUT2D eigenvalue weighted by Gasteiger charge is -2.08. The van der Waals surface area contributed by atoms with Crippen LogP contribution < -0.4 is 5.32 Å². The largest absolute Gasteiger partial charge is 0.321 e. The highest BCUT2D eigenvalue weighted by Crippen LogP contribution is 2.30. The molecule has 1 aliphatic carbocycles. The highest BCUT2D eigenvalue weighted by Gasteiger charge is 2.17. The molecule has 1 N–H and O–H groups in total. The molecule has 0 unspecified atom stereocenters. The van der Waals surface area contributed by atoms with Gasteiger partial charge in [0, 0.05) is 16.4 Å². The Labute approximate surface area is 127 Å². The van der Waals surface area contributed by atoms with Gasteiger partial charge in [0.15, 0.2) is 0 Å². The number of carbonyl (C=O) groups is 1. The summed E-state index contributed by atoms with van der Waals surface area (Å²) in [6.07, 6.45) is 4.71. The molecule has 2 nitrogen and oxygen atoms in total. The summed E-state index contributed by atoms with van der Waals surface area (Å²) in [7, 11) is 0. The van der Waals surface area contributed by atoms with E-state index < -0.39 is 0 Å². The van der Waals surface area contributed by atoms with Crippen LogP contribution in [0.3, 0.4) is 0 Å². The molecular weight excluding hydrogens is 290 g/mol. The molecule has 4 heteroatoms. The Kier molecular flexibility index (Phi) is 4.08. The van der Waals surface area contributed by atoms with E-state index in [4.69, 9.17) is 11.6 Å². The molecule has 3 rings (SSSR count). The monoisotopic (exact) mass is 305 g/mol. The van der Waals surface area contributed by atoms with Crippen molar-refractivity contribution in [2.45, 2.75) is 31.6 Å². The number of alkyl halides is 1. The molecule has 0 saturated carbocycles. The van der Waals surface area contributed by atoms with Crippen LogP contribution in [0, 0.1) is 0 Å². The van der Waals surface area contributed by atoms with Gasteiger partial charge < -0.3 is 5.32 Å². The average Bonchev–Trinajstić information content (AvgIpc) is 2.91. The van der Waals surface area contributed by atoms with Crippen molar-refractivity contribution in [3.8, 4) is 0 Å². The molecule has 1 amide bonds. The summed E-state index contributed by atoms with van der Waals surface area (Å²) < 4.78 is 0. The van der Waals surface area contributed by atoms with E-state index in [1.165, 1.54) is 23.3 Å². The molecule has 1 aromatic carbocycles. The third-order valence-electron chi connectivity index (χ3n) is 3.56. The standard InChI is InChI=1S/C16H16ClNOS/c17-10-11-4-3-6-13(8-11)18-16(19)15-9-12-5-1-2-7-14(12)20-15/h3-4,6,8-9H,1-2,5,7,10H2,(H,18,19). The summed E-state index contributed by atoms with van der Waals surface area (Å²) in [5.41, 5.74) is 3.18. The second-order valence-corrected chi connectivity index (χ2v) is 6.46. The highest BCUT2D eigenvalue weighted by molar-refractivity contribution is 7.14. The maximum absolute atomic E-state index is 12.3. The van der Waals surface area contributed by atoms with Crippen molar-refractivity contribution in [1.82, 2.24) is 0 Å². The Hall–Kier alpha value is -1.32. The average molecular weight is 306 g/mol. The van der Waals surface area contributed by atoms with Crippen LogP contribution in [-0.2, 0) is 18.7 Å². The van der Waals surface area contributed by atoms with Crippen LogP contribution in [0.15, 0.2) is 30.3 Å². The van der Waals surface area contributed by atoms with Crippen LogP contribution in [0.4, 0.5) is 5.69 Å². The van der Waals surface area contributed by atoms with Gasteiger partial charge in [0.2, 0.25) is 0 Å². The first-order valence-electron chi connectivity index (χ1n) is 6.84. The second kappa shape index (κ2) is 5.98. The molecule has 2 aromatic rings. The second-order valence-electron chi connectivity index (χ2n) is 5.05. The third kappa shape index (κ3) is 2.89. The number of anilines is 1. The fourth-order valence-electron chi connectivity index (χ4n) is 2.53. The van der Waals surface area contributed by atoms with Crippen LogP contribution in [0.2, 0.25) is 0 Å². The van der Waals surface area contributed by atoms with Gasteiger partial charge in [-0.05, 0) is 55.0 Å². The van der Waals surface area contributed by atoms with Gasteiger partial charge in [-0.3, -0.25) is 4.79 Å². The minimum absolute atomic E-state index is 0.0175. The molecule has 1 aromatic heterocycles. The van der Waals surface area contributed by atoms with E-state index in [0.717, 1.165) is 29.0 Å². The van der Waals surface area contributed by atoms with Crippen molar-refractivity contribution in [3.63, 3.8) is 0 Å². The fraction of sp³-hybridized carbons (Fsp3) is 0.312. The van der Waals surface area contributed by atoms with E-state index in [1.54, 1.807) is 11.3 Å². The summed E-state index contributed by atoms with van der Waals surface area (Å²) in [6.45, 7) is 0. The van der Waals surface area contributed by atoms with Gasteiger partial charge in [0.1, 0.15) is 0 Å². The number of halogens is 1. The Morgan fingerprint density at radius 1 is 1.25 bits per heavy atom. The number of hydrogen-bond acceptors (Lipinski definition) is 2. The minimum atomic E-state index is -0.0175. The molecule has 20 heavy (non-hydrogen) atoms. The molecule has 0 saturated heterocycles. The smallest absolute Gasteiger partial charge is 0.265 e. The maximum Gasteiger partial charge on any atom is 0.265 e. The van der Waals surface area contributed by atoms with E-state index in [0.29, 0.717) is 5.88 Å². The summed E-state index contributed by atoms with van der Waals surface area (Å²) >= 11 is 7.44. The summed E-state index contributed by atoms with van der Waals surface area (Å²) in [5, 5.41) is 2.95. The summed E-state index contributed by atoms with van der Waals surface area (Å²) in [6, 6.07) is 9.72. The normalized spacial score (nSPS) is 13.8. The highest BCUT2D eigenvalue weighted by atomic mass is 35.5. The summed E-state index contributed by atoms with van der Waals surface area (Å²) in [5.74, 6) is 0.438. The van der Waals surface area contributed by atoms with Gasteiger partial charge in [-0.1, -0.05) is 12.1 Å². The molecule has 104 valence electrons. The van der Waals surface area contributed by atoms with Crippen LogP contribution in [0.1, 0.15) is 38.5 Å². The predicted octanol–water partition coefficient (Wildman–Crippen LogP) is 4.62. The number of rotatable bonds is 3. The van der Waals surface area contributed by atoms with Gasteiger partial charge in [-0.2, -0.15) is 0 Å². The third-order valence-corrected chi connectivity index (χ3v) is 5.10. The van der Waals surface area contributed by atoms with E-state index in [9.17, 15) is 4.79 Å². The van der Waals surface area contributed by atoms with Gasteiger partial charge in [0.05, 0.1) is 4.88 Å². The zero-order chi connectivity index (χ0) is 13.9. The summed E-state index contributed by atoms with van der Waals surface area (Å²) in [4.78, 5) is 14.5. The van der Waals surface area contributed by atoms with Gasteiger partial charge >= 0.3 is 0 Å². The molecule has 0 fully saturated rings. The van der Waals surface area contributed by atoms with Crippen molar-refractivity contribution in [1.29, 1.82) is 0 Å². The van der Waals surface area contributed by atoms with Gasteiger partial charge in [-0.15, -0.1) is 22.9 Å². The lowest BCUT2D eigenvalue weighted by molar-refractivity contribution is 0.103. The number of thiophene rings is 1. The molecule has 0 radical (unpaired) electrons. The Balaban J connectivity index is 1.77. The number of carbonyl (C=O) groups excluding carboxylic acids is 1. The maximum atomic E-state index is 12.3. The quantitative estimate of drug-likeness (QED) is 0.824. The molecular formula is C16H16ClNOS. The van der Waals surface area contributed by atoms with Crippen molar-refractivity contribution >= 4 is 34.5 Å². The fourth-order valence-corrected chi connectivity index (χ4v) is 3.84. The van der Waals surface area contributed by atoms with E-state index in [-0.39, 0.29) is 5.91 Å². The number of nitrogens with one attached hydrogen (secondary N) is 1. The van der Waals surface area contributed by atoms with E-state index in [1.807, 2.05) is 24.3 Å². The van der Waals surface area contributed by atoms with Gasteiger partial charge in [-0.25, -0.2) is 0 Å². The lowest BCUT2D eigenvalue weighted by Crippen LogP contribution is -2.10.